The molecule has 1 unspecified atom stereocenters. The third-order valence-electron chi connectivity index (χ3n) is 3.49. The number of nitrogens with two attached hydrogens (primary N) is 1. The molecule has 0 aliphatic rings. The van der Waals surface area contributed by atoms with Crippen LogP contribution in [0.25, 0.3) is 0 Å². The zero-order chi connectivity index (χ0) is 14.5. The fourth-order valence-electron chi connectivity index (χ4n) is 2.09. The van der Waals surface area contributed by atoms with E-state index in [0.717, 1.165) is 30.9 Å². The summed E-state index contributed by atoms with van der Waals surface area (Å²) >= 11 is 0. The van der Waals surface area contributed by atoms with Crippen LogP contribution in [0.15, 0.2) is 30.6 Å². The lowest BCUT2D eigenvalue weighted by molar-refractivity contribution is 0.480. The van der Waals surface area contributed by atoms with Crippen molar-refractivity contribution in [3.8, 4) is 11.5 Å². The maximum atomic E-state index is 6.01. The molecule has 1 aromatic carbocycles. The van der Waals surface area contributed by atoms with E-state index in [0.29, 0.717) is 0 Å². The molecule has 0 saturated heterocycles. The van der Waals surface area contributed by atoms with E-state index in [1.54, 1.807) is 6.20 Å². The van der Waals surface area contributed by atoms with Crippen LogP contribution in [0, 0.1) is 6.92 Å². The Bertz CT molecular complexity index is 563. The smallest absolute Gasteiger partial charge is 0.165 e. The highest BCUT2D eigenvalue weighted by atomic mass is 16.5. The van der Waals surface area contributed by atoms with Gasteiger partial charge >= 0.3 is 0 Å². The minimum atomic E-state index is 0.225. The Labute approximate surface area is 120 Å². The van der Waals surface area contributed by atoms with E-state index in [-0.39, 0.29) is 6.04 Å². The van der Waals surface area contributed by atoms with Crippen molar-refractivity contribution in [3.63, 3.8) is 0 Å². The van der Waals surface area contributed by atoms with Crippen LogP contribution in [0.4, 0.5) is 0 Å². The third-order valence-corrected chi connectivity index (χ3v) is 3.49. The summed E-state index contributed by atoms with van der Waals surface area (Å²) in [6.07, 6.45) is 5.54. The summed E-state index contributed by atoms with van der Waals surface area (Å²) in [5.41, 5.74) is 8.52. The molecule has 0 aliphatic heterocycles. The number of nitrogens with zero attached hydrogens (tertiary/aromatic N) is 2. The number of hydrogen-bond acceptors (Lipinski definition) is 3. The SMILES string of the molecule is CCC(N)Cc1ccc(Oc2cnn(CC)c2)cc1C. The van der Waals surface area contributed by atoms with Gasteiger partial charge in [0.25, 0.3) is 0 Å². The first kappa shape index (κ1) is 14.6. The lowest BCUT2D eigenvalue weighted by atomic mass is 10.00. The lowest BCUT2D eigenvalue weighted by Gasteiger charge is -2.12. The quantitative estimate of drug-likeness (QED) is 0.878. The van der Waals surface area contributed by atoms with Gasteiger partial charge in [0, 0.05) is 12.6 Å². The molecule has 108 valence electrons. The van der Waals surface area contributed by atoms with Gasteiger partial charge in [-0.3, -0.25) is 4.68 Å². The van der Waals surface area contributed by atoms with E-state index in [1.165, 1.54) is 11.1 Å². The van der Waals surface area contributed by atoms with Gasteiger partial charge in [0.2, 0.25) is 0 Å². The first-order chi connectivity index (χ1) is 9.62. The van der Waals surface area contributed by atoms with Crippen LogP contribution in [0.3, 0.4) is 0 Å². The van der Waals surface area contributed by atoms with Crippen molar-refractivity contribution >= 4 is 0 Å². The number of aromatic nitrogens is 2. The summed E-state index contributed by atoms with van der Waals surface area (Å²) in [5.74, 6) is 1.61. The predicted octanol–water partition coefficient (Wildman–Crippen LogP) is 3.28. The molecular formula is C16H23N3O. The maximum absolute atomic E-state index is 6.01. The van der Waals surface area contributed by atoms with Crippen LogP contribution in [0.5, 0.6) is 11.5 Å². The van der Waals surface area contributed by atoms with Gasteiger partial charge in [-0.1, -0.05) is 13.0 Å². The van der Waals surface area contributed by atoms with Gasteiger partial charge in [-0.05, 0) is 49.9 Å². The summed E-state index contributed by atoms with van der Waals surface area (Å²) < 4.78 is 7.66. The molecule has 0 fully saturated rings. The van der Waals surface area contributed by atoms with Gasteiger partial charge in [-0.2, -0.15) is 5.10 Å². The van der Waals surface area contributed by atoms with E-state index < -0.39 is 0 Å². The topological polar surface area (TPSA) is 53.1 Å². The Morgan fingerprint density at radius 2 is 2.10 bits per heavy atom. The van der Waals surface area contributed by atoms with Gasteiger partial charge in [0.1, 0.15) is 5.75 Å². The van der Waals surface area contributed by atoms with E-state index in [2.05, 4.69) is 31.1 Å². The molecule has 0 radical (unpaired) electrons. The van der Waals surface area contributed by atoms with Crippen molar-refractivity contribution in [2.75, 3.05) is 0 Å². The van der Waals surface area contributed by atoms with E-state index >= 15 is 0 Å². The van der Waals surface area contributed by atoms with Gasteiger partial charge in [-0.15, -0.1) is 0 Å². The van der Waals surface area contributed by atoms with Crippen LogP contribution in [0.2, 0.25) is 0 Å². The zero-order valence-electron chi connectivity index (χ0n) is 12.5. The molecule has 0 spiro atoms. The Morgan fingerprint density at radius 3 is 2.70 bits per heavy atom. The van der Waals surface area contributed by atoms with Crippen LogP contribution in [-0.4, -0.2) is 15.8 Å². The van der Waals surface area contributed by atoms with Crippen LogP contribution >= 0.6 is 0 Å². The Kier molecular flexibility index (Phi) is 4.79. The third kappa shape index (κ3) is 3.61. The summed E-state index contributed by atoms with van der Waals surface area (Å²) in [7, 11) is 0. The van der Waals surface area contributed by atoms with Crippen molar-refractivity contribution in [1.29, 1.82) is 0 Å². The molecular weight excluding hydrogens is 250 g/mol. The van der Waals surface area contributed by atoms with Crippen molar-refractivity contribution in [2.45, 2.75) is 46.2 Å². The van der Waals surface area contributed by atoms with Crippen LogP contribution in [0.1, 0.15) is 31.4 Å². The fraction of sp³-hybridized carbons (Fsp3) is 0.438. The number of benzene rings is 1. The first-order valence-corrected chi connectivity index (χ1v) is 7.17. The standard InChI is InChI=1S/C16H23N3O/c1-4-14(17)9-13-6-7-15(8-12(13)3)20-16-10-18-19(5-2)11-16/h6-8,10-11,14H,4-5,9,17H2,1-3H3. The second-order valence-corrected chi connectivity index (χ2v) is 5.09. The monoisotopic (exact) mass is 273 g/mol. The number of hydrogen-bond donors (Lipinski definition) is 1. The predicted molar refractivity (Wildman–Crippen MR) is 81.1 cm³/mol. The molecule has 2 rings (SSSR count). The number of ether oxygens (including phenoxy) is 1. The number of rotatable bonds is 6. The second kappa shape index (κ2) is 6.57. The minimum absolute atomic E-state index is 0.225. The molecule has 2 N–H and O–H groups in total. The van der Waals surface area contributed by atoms with Crippen molar-refractivity contribution in [2.24, 2.45) is 5.73 Å². The van der Waals surface area contributed by atoms with Gasteiger partial charge < -0.3 is 10.5 Å². The summed E-state index contributed by atoms with van der Waals surface area (Å²) in [5, 5.41) is 4.20. The summed E-state index contributed by atoms with van der Waals surface area (Å²) in [6, 6.07) is 6.38. The Morgan fingerprint density at radius 1 is 1.30 bits per heavy atom. The van der Waals surface area contributed by atoms with Gasteiger partial charge in [0.05, 0.1) is 12.4 Å². The van der Waals surface area contributed by atoms with Crippen LogP contribution in [-0.2, 0) is 13.0 Å². The Balaban J connectivity index is 2.08. The number of aryl methyl sites for hydroxylation is 2. The lowest BCUT2D eigenvalue weighted by Crippen LogP contribution is -2.21. The molecule has 1 atom stereocenters. The van der Waals surface area contributed by atoms with E-state index in [1.807, 2.05) is 23.9 Å². The molecule has 4 heteroatoms. The average Bonchev–Trinajstić information content (AvgIpc) is 2.89. The normalized spacial score (nSPS) is 12.4. The highest BCUT2D eigenvalue weighted by molar-refractivity contribution is 5.37. The van der Waals surface area contributed by atoms with E-state index in [4.69, 9.17) is 10.5 Å². The molecule has 0 bridgehead atoms. The van der Waals surface area contributed by atoms with Gasteiger partial charge in [-0.25, -0.2) is 0 Å². The molecule has 1 aromatic heterocycles. The van der Waals surface area contributed by atoms with Crippen LogP contribution < -0.4 is 10.5 Å². The second-order valence-electron chi connectivity index (χ2n) is 5.09. The minimum Gasteiger partial charge on any atom is -0.454 e. The Hall–Kier alpha value is -1.81. The van der Waals surface area contributed by atoms with Crippen molar-refractivity contribution in [1.82, 2.24) is 9.78 Å². The summed E-state index contributed by atoms with van der Waals surface area (Å²) in [6.45, 7) is 7.10. The first-order valence-electron chi connectivity index (χ1n) is 7.17. The molecule has 0 saturated carbocycles. The van der Waals surface area contributed by atoms with Crippen molar-refractivity contribution in [3.05, 3.63) is 41.7 Å². The van der Waals surface area contributed by atoms with Gasteiger partial charge in [0.15, 0.2) is 5.75 Å². The highest BCUT2D eigenvalue weighted by Gasteiger charge is 2.07. The molecule has 1 heterocycles. The maximum Gasteiger partial charge on any atom is 0.165 e. The highest BCUT2D eigenvalue weighted by Crippen LogP contribution is 2.24. The molecule has 2 aromatic rings. The largest absolute Gasteiger partial charge is 0.454 e. The van der Waals surface area contributed by atoms with E-state index in [9.17, 15) is 0 Å². The molecule has 20 heavy (non-hydrogen) atoms. The zero-order valence-corrected chi connectivity index (χ0v) is 12.5. The summed E-state index contributed by atoms with van der Waals surface area (Å²) in [4.78, 5) is 0. The molecule has 4 nitrogen and oxygen atoms in total. The molecule has 0 amide bonds. The molecule has 0 aliphatic carbocycles. The van der Waals surface area contributed by atoms with Crippen molar-refractivity contribution < 1.29 is 4.74 Å². The fourth-order valence-corrected chi connectivity index (χ4v) is 2.09. The average molecular weight is 273 g/mol.